The highest BCUT2D eigenvalue weighted by atomic mass is 16.7. The van der Waals surface area contributed by atoms with Crippen molar-refractivity contribution in [2.45, 2.75) is 52.9 Å². The van der Waals surface area contributed by atoms with Crippen molar-refractivity contribution in [3.63, 3.8) is 0 Å². The number of nitrogens with one attached hydrogen (secondary N) is 1. The van der Waals surface area contributed by atoms with Gasteiger partial charge in [-0.05, 0) is 17.8 Å². The number of ether oxygens (including phenoxy) is 2. The molecule has 4 heteroatoms. The Bertz CT molecular complexity index is 287. The summed E-state index contributed by atoms with van der Waals surface area (Å²) in [5, 5.41) is 3.34. The van der Waals surface area contributed by atoms with E-state index in [1.807, 2.05) is 0 Å². The van der Waals surface area contributed by atoms with Crippen molar-refractivity contribution in [3.05, 3.63) is 0 Å². The van der Waals surface area contributed by atoms with Crippen LogP contribution in [0.1, 0.15) is 40.5 Å². The van der Waals surface area contributed by atoms with Crippen molar-refractivity contribution < 1.29 is 9.47 Å². The molecule has 2 unspecified atom stereocenters. The fourth-order valence-corrected chi connectivity index (χ4v) is 2.91. The zero-order valence-corrected chi connectivity index (χ0v) is 13.7. The summed E-state index contributed by atoms with van der Waals surface area (Å²) in [6.45, 7) is 15.3. The van der Waals surface area contributed by atoms with E-state index in [2.05, 4.69) is 37.9 Å². The number of morpholine rings is 1. The van der Waals surface area contributed by atoms with Crippen molar-refractivity contribution in [2.24, 2.45) is 11.3 Å². The van der Waals surface area contributed by atoms with Gasteiger partial charge in [-0.2, -0.15) is 0 Å². The average molecular weight is 284 g/mol. The molecule has 2 aliphatic heterocycles. The fourth-order valence-electron chi connectivity index (χ4n) is 2.91. The highest BCUT2D eigenvalue weighted by molar-refractivity contribution is 4.81. The molecule has 2 rings (SSSR count). The molecule has 1 N–H and O–H groups in total. The SMILES string of the molecule is CCCC(OC1CN(CC2CNC2)CCO1)C(C)(C)C. The first kappa shape index (κ1) is 16.2. The third-order valence-electron chi connectivity index (χ3n) is 4.33. The first-order chi connectivity index (χ1) is 9.49. The summed E-state index contributed by atoms with van der Waals surface area (Å²) in [7, 11) is 0. The van der Waals surface area contributed by atoms with Gasteiger partial charge in [0.2, 0.25) is 0 Å². The summed E-state index contributed by atoms with van der Waals surface area (Å²) in [4.78, 5) is 2.51. The molecular weight excluding hydrogens is 252 g/mol. The number of hydrogen-bond acceptors (Lipinski definition) is 4. The van der Waals surface area contributed by atoms with Crippen LogP contribution in [0.15, 0.2) is 0 Å². The van der Waals surface area contributed by atoms with Crippen molar-refractivity contribution in [3.8, 4) is 0 Å². The number of hydrogen-bond donors (Lipinski definition) is 1. The smallest absolute Gasteiger partial charge is 0.170 e. The van der Waals surface area contributed by atoms with Gasteiger partial charge in [0.25, 0.3) is 0 Å². The van der Waals surface area contributed by atoms with E-state index in [1.165, 1.54) is 19.6 Å². The highest BCUT2D eigenvalue weighted by Crippen LogP contribution is 2.28. The van der Waals surface area contributed by atoms with Crippen molar-refractivity contribution >= 4 is 0 Å². The Hall–Kier alpha value is -0.160. The minimum atomic E-state index is -0.0486. The lowest BCUT2D eigenvalue weighted by atomic mass is 9.86. The predicted molar refractivity (Wildman–Crippen MR) is 81.8 cm³/mol. The van der Waals surface area contributed by atoms with Crippen LogP contribution in [0.5, 0.6) is 0 Å². The summed E-state index contributed by atoms with van der Waals surface area (Å²) in [5.74, 6) is 0.822. The van der Waals surface area contributed by atoms with Gasteiger partial charge in [-0.15, -0.1) is 0 Å². The van der Waals surface area contributed by atoms with Crippen LogP contribution in [0.25, 0.3) is 0 Å². The molecular formula is C16H32N2O2. The first-order valence-electron chi connectivity index (χ1n) is 8.19. The quantitative estimate of drug-likeness (QED) is 0.810. The van der Waals surface area contributed by atoms with E-state index in [1.54, 1.807) is 0 Å². The Morgan fingerprint density at radius 2 is 2.10 bits per heavy atom. The first-order valence-corrected chi connectivity index (χ1v) is 8.19. The van der Waals surface area contributed by atoms with Gasteiger partial charge in [-0.3, -0.25) is 4.90 Å². The maximum absolute atomic E-state index is 6.28. The van der Waals surface area contributed by atoms with E-state index in [0.29, 0.717) is 0 Å². The van der Waals surface area contributed by atoms with Gasteiger partial charge in [-0.25, -0.2) is 0 Å². The van der Waals surface area contributed by atoms with Gasteiger partial charge in [0.05, 0.1) is 12.7 Å². The monoisotopic (exact) mass is 284 g/mol. The second-order valence-corrected chi connectivity index (χ2v) is 7.36. The summed E-state index contributed by atoms with van der Waals surface area (Å²) in [5.41, 5.74) is 0.180. The zero-order valence-electron chi connectivity index (χ0n) is 13.7. The molecule has 118 valence electrons. The largest absolute Gasteiger partial charge is 0.350 e. The Morgan fingerprint density at radius 1 is 1.35 bits per heavy atom. The van der Waals surface area contributed by atoms with Crippen molar-refractivity contribution in [1.29, 1.82) is 0 Å². The molecule has 0 bridgehead atoms. The molecule has 0 saturated carbocycles. The fraction of sp³-hybridized carbons (Fsp3) is 1.00. The van der Waals surface area contributed by atoms with Gasteiger partial charge >= 0.3 is 0 Å². The Kier molecular flexibility index (Phi) is 5.84. The van der Waals surface area contributed by atoms with Crippen molar-refractivity contribution in [2.75, 3.05) is 39.3 Å². The van der Waals surface area contributed by atoms with Crippen LogP contribution in [0.4, 0.5) is 0 Å². The number of nitrogens with zero attached hydrogens (tertiary/aromatic N) is 1. The topological polar surface area (TPSA) is 33.7 Å². The Balaban J connectivity index is 1.80. The standard InChI is InChI=1S/C16H32N2O2/c1-5-6-14(16(2,3)4)20-15-12-18(7-8-19-15)11-13-9-17-10-13/h13-15,17H,5-12H2,1-4H3. The zero-order chi connectivity index (χ0) is 14.6. The van der Waals surface area contributed by atoms with Gasteiger partial charge in [-0.1, -0.05) is 34.1 Å². The molecule has 0 aromatic carbocycles. The van der Waals surface area contributed by atoms with Crippen LogP contribution in [0, 0.1) is 11.3 Å². The molecule has 0 spiro atoms. The van der Waals surface area contributed by atoms with Gasteiger partial charge < -0.3 is 14.8 Å². The van der Waals surface area contributed by atoms with E-state index in [4.69, 9.17) is 9.47 Å². The molecule has 0 amide bonds. The normalized spacial score (nSPS) is 27.3. The maximum atomic E-state index is 6.28. The van der Waals surface area contributed by atoms with Gasteiger partial charge in [0.1, 0.15) is 0 Å². The molecule has 4 nitrogen and oxygen atoms in total. The molecule has 2 saturated heterocycles. The summed E-state index contributed by atoms with van der Waals surface area (Å²) >= 11 is 0. The van der Waals surface area contributed by atoms with Crippen LogP contribution in [0.3, 0.4) is 0 Å². The molecule has 2 fully saturated rings. The predicted octanol–water partition coefficient (Wildman–Crippen LogP) is 2.10. The highest BCUT2D eigenvalue weighted by Gasteiger charge is 2.31. The molecule has 2 heterocycles. The van der Waals surface area contributed by atoms with Crippen molar-refractivity contribution in [1.82, 2.24) is 10.2 Å². The van der Waals surface area contributed by atoms with Crippen LogP contribution >= 0.6 is 0 Å². The third-order valence-corrected chi connectivity index (χ3v) is 4.33. The number of rotatable bonds is 6. The minimum Gasteiger partial charge on any atom is -0.350 e. The molecule has 0 aromatic heterocycles. The molecule has 20 heavy (non-hydrogen) atoms. The lowest BCUT2D eigenvalue weighted by molar-refractivity contribution is -0.221. The second-order valence-electron chi connectivity index (χ2n) is 7.36. The average Bonchev–Trinajstić information content (AvgIpc) is 2.33. The van der Waals surface area contributed by atoms with E-state index >= 15 is 0 Å². The molecule has 0 radical (unpaired) electrons. The molecule has 0 aliphatic carbocycles. The van der Waals surface area contributed by atoms with Gasteiger partial charge in [0, 0.05) is 32.7 Å². The second kappa shape index (κ2) is 7.21. The minimum absolute atomic E-state index is 0.0486. The Morgan fingerprint density at radius 3 is 2.65 bits per heavy atom. The lowest BCUT2D eigenvalue weighted by Gasteiger charge is -2.40. The molecule has 2 atom stereocenters. The van der Waals surface area contributed by atoms with Crippen LogP contribution in [-0.2, 0) is 9.47 Å². The summed E-state index contributed by atoms with van der Waals surface area (Å²) < 4.78 is 12.1. The molecule has 0 aromatic rings. The molecule has 2 aliphatic rings. The third kappa shape index (κ3) is 4.69. The van der Waals surface area contributed by atoms with E-state index in [9.17, 15) is 0 Å². The van der Waals surface area contributed by atoms with E-state index < -0.39 is 0 Å². The lowest BCUT2D eigenvalue weighted by Crippen LogP contribution is -2.53. The Labute approximate surface area is 124 Å². The van der Waals surface area contributed by atoms with Gasteiger partial charge in [0.15, 0.2) is 6.29 Å². The summed E-state index contributed by atoms with van der Waals surface area (Å²) in [6, 6.07) is 0. The van der Waals surface area contributed by atoms with E-state index in [0.717, 1.165) is 38.5 Å². The van der Waals surface area contributed by atoms with Crippen LogP contribution < -0.4 is 5.32 Å². The van der Waals surface area contributed by atoms with Crippen LogP contribution in [0.2, 0.25) is 0 Å². The maximum Gasteiger partial charge on any atom is 0.170 e. The van der Waals surface area contributed by atoms with E-state index in [-0.39, 0.29) is 17.8 Å². The van der Waals surface area contributed by atoms with Crippen LogP contribution in [-0.4, -0.2) is 56.6 Å². The summed E-state index contributed by atoms with van der Waals surface area (Å²) in [6.07, 6.45) is 2.50.